The van der Waals surface area contributed by atoms with Crippen LogP contribution in [0.5, 0.6) is 0 Å². The Balaban J connectivity index is 1.56. The summed E-state index contributed by atoms with van der Waals surface area (Å²) in [5, 5.41) is 0.593. The number of hydrogen-bond donors (Lipinski definition) is 1. The van der Waals surface area contributed by atoms with Crippen LogP contribution in [0.3, 0.4) is 0 Å². The lowest BCUT2D eigenvalue weighted by molar-refractivity contribution is 0.0284. The molecule has 2 aromatic rings. The largest absolute Gasteiger partial charge is 0.444 e. The Morgan fingerprint density at radius 2 is 2.12 bits per heavy atom. The summed E-state index contributed by atoms with van der Waals surface area (Å²) < 4.78 is 5.52. The van der Waals surface area contributed by atoms with Gasteiger partial charge in [-0.05, 0) is 45.4 Å². The number of aromatic amines is 1. The molecule has 26 heavy (non-hydrogen) atoms. The van der Waals surface area contributed by atoms with Crippen molar-refractivity contribution in [2.75, 3.05) is 24.5 Å². The molecule has 0 radical (unpaired) electrons. The highest BCUT2D eigenvalue weighted by atomic mass is 16.6. The molecule has 0 saturated carbocycles. The van der Waals surface area contributed by atoms with E-state index in [1.54, 1.807) is 0 Å². The van der Waals surface area contributed by atoms with Crippen LogP contribution in [0.25, 0.3) is 10.9 Å². The Labute approximate surface area is 152 Å². The van der Waals surface area contributed by atoms with Crippen LogP contribution in [0, 0.1) is 5.92 Å². The van der Waals surface area contributed by atoms with Gasteiger partial charge in [0, 0.05) is 31.2 Å². The number of rotatable bonds is 1. The Morgan fingerprint density at radius 1 is 1.31 bits per heavy atom. The van der Waals surface area contributed by atoms with Gasteiger partial charge >= 0.3 is 6.09 Å². The highest BCUT2D eigenvalue weighted by molar-refractivity contribution is 5.81. The fourth-order valence-corrected chi connectivity index (χ4v) is 3.99. The minimum atomic E-state index is -0.485. The molecule has 0 spiro atoms. The normalized spacial score (nSPS) is 22.7. The Hall–Kier alpha value is -2.57. The van der Waals surface area contributed by atoms with Gasteiger partial charge in [0.1, 0.15) is 5.60 Å². The summed E-state index contributed by atoms with van der Waals surface area (Å²) >= 11 is 0. The maximum atomic E-state index is 12.4. The number of fused-ring (bicyclic) bond motifs is 2. The number of amides is 1. The van der Waals surface area contributed by atoms with E-state index in [2.05, 4.69) is 14.9 Å². The molecule has 1 aromatic carbocycles. The molecule has 1 N–H and O–H groups in total. The van der Waals surface area contributed by atoms with Crippen LogP contribution in [0.4, 0.5) is 10.5 Å². The second-order valence-electron chi connectivity index (χ2n) is 8.13. The quantitative estimate of drug-likeness (QED) is 0.849. The lowest BCUT2D eigenvalue weighted by Gasteiger charge is -2.28. The van der Waals surface area contributed by atoms with Crippen molar-refractivity contribution in [2.45, 2.75) is 38.8 Å². The number of hydrogen-bond acceptors (Lipinski definition) is 5. The molecule has 2 atom stereocenters. The number of anilines is 1. The maximum absolute atomic E-state index is 12.4. The maximum Gasteiger partial charge on any atom is 0.410 e. The van der Waals surface area contributed by atoms with E-state index in [-0.39, 0.29) is 17.7 Å². The summed E-state index contributed by atoms with van der Waals surface area (Å²) in [6, 6.07) is 6.05. The van der Waals surface area contributed by atoms with Crippen LogP contribution in [0.2, 0.25) is 0 Å². The monoisotopic (exact) mass is 356 g/mol. The van der Waals surface area contributed by atoms with Crippen molar-refractivity contribution < 1.29 is 9.53 Å². The summed E-state index contributed by atoms with van der Waals surface area (Å²) in [6.07, 6.45) is 2.21. The molecule has 1 aromatic heterocycles. The summed E-state index contributed by atoms with van der Waals surface area (Å²) in [7, 11) is 0. The van der Waals surface area contributed by atoms with Crippen molar-refractivity contribution in [2.24, 2.45) is 5.92 Å². The lowest BCUT2D eigenvalue weighted by Crippen LogP contribution is -2.39. The van der Waals surface area contributed by atoms with E-state index < -0.39 is 5.60 Å². The molecular weight excluding hydrogens is 332 g/mol. The molecule has 138 valence electrons. The zero-order chi connectivity index (χ0) is 18.5. The molecule has 2 aliphatic rings. The molecule has 7 heteroatoms. The minimum absolute atomic E-state index is 0.130. The second-order valence-corrected chi connectivity index (χ2v) is 8.13. The van der Waals surface area contributed by atoms with E-state index in [9.17, 15) is 9.59 Å². The predicted octanol–water partition coefficient (Wildman–Crippen LogP) is 2.37. The van der Waals surface area contributed by atoms with Gasteiger partial charge in [-0.2, -0.15) is 0 Å². The van der Waals surface area contributed by atoms with Crippen LogP contribution >= 0.6 is 0 Å². The summed E-state index contributed by atoms with van der Waals surface area (Å²) in [4.78, 5) is 35.4. The lowest BCUT2D eigenvalue weighted by atomic mass is 10.0. The van der Waals surface area contributed by atoms with Gasteiger partial charge in [0.25, 0.3) is 5.56 Å². The first-order valence-corrected chi connectivity index (χ1v) is 9.04. The van der Waals surface area contributed by atoms with Gasteiger partial charge in [0.15, 0.2) is 0 Å². The van der Waals surface area contributed by atoms with E-state index in [4.69, 9.17) is 4.74 Å². The Bertz CT molecular complexity index is 902. The number of likely N-dealkylation sites (tertiary alicyclic amines) is 1. The zero-order valence-electron chi connectivity index (χ0n) is 15.4. The Morgan fingerprint density at radius 3 is 2.88 bits per heavy atom. The first-order chi connectivity index (χ1) is 12.3. The Kier molecular flexibility index (Phi) is 3.89. The zero-order valence-corrected chi connectivity index (χ0v) is 15.4. The van der Waals surface area contributed by atoms with Crippen LogP contribution in [-0.2, 0) is 4.74 Å². The molecule has 2 saturated heterocycles. The fourth-order valence-electron chi connectivity index (χ4n) is 3.99. The summed E-state index contributed by atoms with van der Waals surface area (Å²) in [5.41, 5.74) is 1.08. The van der Waals surface area contributed by atoms with E-state index in [0.717, 1.165) is 25.2 Å². The molecule has 2 unspecified atom stereocenters. The van der Waals surface area contributed by atoms with Crippen molar-refractivity contribution in [1.82, 2.24) is 14.9 Å². The molecule has 2 fully saturated rings. The number of carbonyl (C=O) groups excluding carboxylic acids is 1. The van der Waals surface area contributed by atoms with Gasteiger partial charge in [-0.3, -0.25) is 4.79 Å². The average molecular weight is 356 g/mol. The van der Waals surface area contributed by atoms with Crippen molar-refractivity contribution >= 4 is 22.7 Å². The van der Waals surface area contributed by atoms with E-state index in [1.165, 1.54) is 6.33 Å². The first kappa shape index (κ1) is 16.9. The van der Waals surface area contributed by atoms with Gasteiger partial charge in [-0.25, -0.2) is 9.78 Å². The second kappa shape index (κ2) is 6.00. The highest BCUT2D eigenvalue weighted by Gasteiger charge is 2.44. The number of carbonyl (C=O) groups is 1. The molecule has 4 rings (SSSR count). The molecule has 1 amide bonds. The number of nitrogens with one attached hydrogen (secondary N) is 1. The molecule has 7 nitrogen and oxygen atoms in total. The van der Waals surface area contributed by atoms with Gasteiger partial charge in [0.2, 0.25) is 0 Å². The van der Waals surface area contributed by atoms with E-state index >= 15 is 0 Å². The van der Waals surface area contributed by atoms with Crippen molar-refractivity contribution in [3.63, 3.8) is 0 Å². The van der Waals surface area contributed by atoms with Gasteiger partial charge < -0.3 is 19.5 Å². The number of benzene rings is 1. The van der Waals surface area contributed by atoms with Crippen molar-refractivity contribution in [3.8, 4) is 0 Å². The van der Waals surface area contributed by atoms with Crippen LogP contribution in [-0.4, -0.2) is 52.2 Å². The molecule has 2 aliphatic heterocycles. The number of nitrogens with zero attached hydrogens (tertiary/aromatic N) is 3. The first-order valence-electron chi connectivity index (χ1n) is 9.04. The number of ether oxygens (including phenoxy) is 1. The SMILES string of the molecule is CC(C)(C)OC(=O)N1CC2CCN(c3ccc4nc[nH]c(=O)c4c3)C2C1. The number of aromatic nitrogens is 2. The minimum Gasteiger partial charge on any atom is -0.444 e. The average Bonchev–Trinajstić information content (AvgIpc) is 3.14. The highest BCUT2D eigenvalue weighted by Crippen LogP contribution is 2.36. The number of H-pyrrole nitrogens is 1. The molecule has 0 aliphatic carbocycles. The standard InChI is InChI=1S/C19H24N4O3/c1-19(2,3)26-18(25)22-9-12-6-7-23(16(12)10-22)13-4-5-15-14(8-13)17(24)21-11-20-15/h4-5,8,11-12,16H,6-7,9-10H2,1-3H3,(H,20,21,24). The van der Waals surface area contributed by atoms with Crippen molar-refractivity contribution in [3.05, 3.63) is 34.9 Å². The molecular formula is C19H24N4O3. The third-order valence-corrected chi connectivity index (χ3v) is 5.15. The predicted molar refractivity (Wildman–Crippen MR) is 99.4 cm³/mol. The third kappa shape index (κ3) is 3.02. The van der Waals surface area contributed by atoms with E-state index in [1.807, 2.05) is 43.9 Å². The van der Waals surface area contributed by atoms with Crippen molar-refractivity contribution in [1.29, 1.82) is 0 Å². The van der Waals surface area contributed by atoms with Crippen LogP contribution in [0.1, 0.15) is 27.2 Å². The molecule has 3 heterocycles. The topological polar surface area (TPSA) is 78.5 Å². The molecule has 0 bridgehead atoms. The van der Waals surface area contributed by atoms with Crippen LogP contribution in [0.15, 0.2) is 29.3 Å². The van der Waals surface area contributed by atoms with Gasteiger partial charge in [-0.1, -0.05) is 0 Å². The van der Waals surface area contributed by atoms with Gasteiger partial charge in [0.05, 0.1) is 23.3 Å². The smallest absolute Gasteiger partial charge is 0.410 e. The fraction of sp³-hybridized carbons (Fsp3) is 0.526. The van der Waals surface area contributed by atoms with E-state index in [0.29, 0.717) is 23.4 Å². The van der Waals surface area contributed by atoms with Crippen LogP contribution < -0.4 is 10.5 Å². The summed E-state index contributed by atoms with van der Waals surface area (Å²) in [6.45, 7) is 7.96. The van der Waals surface area contributed by atoms with Gasteiger partial charge in [-0.15, -0.1) is 0 Å². The third-order valence-electron chi connectivity index (χ3n) is 5.15. The summed E-state index contributed by atoms with van der Waals surface area (Å²) in [5.74, 6) is 0.436.